The van der Waals surface area contributed by atoms with Crippen LogP contribution in [0.3, 0.4) is 0 Å². The minimum atomic E-state index is -0.0747. The molecule has 0 N–H and O–H groups in total. The van der Waals surface area contributed by atoms with Crippen molar-refractivity contribution in [1.29, 1.82) is 0 Å². The Bertz CT molecular complexity index is 661. The SMILES string of the molecule is C=CCO[C@H]1CC[C@H]2[C@@H]1OCCN2C(=O)c1cccc2c1OCCO2. The van der Waals surface area contributed by atoms with Gasteiger partial charge in [0.25, 0.3) is 5.91 Å². The van der Waals surface area contributed by atoms with Crippen molar-refractivity contribution in [1.82, 2.24) is 4.90 Å². The van der Waals surface area contributed by atoms with E-state index in [1.54, 1.807) is 12.1 Å². The highest BCUT2D eigenvalue weighted by Gasteiger charge is 2.45. The van der Waals surface area contributed by atoms with Crippen LogP contribution in [0.4, 0.5) is 0 Å². The van der Waals surface area contributed by atoms with Crippen molar-refractivity contribution in [3.8, 4) is 11.5 Å². The van der Waals surface area contributed by atoms with Gasteiger partial charge >= 0.3 is 0 Å². The van der Waals surface area contributed by atoms with Crippen LogP contribution >= 0.6 is 0 Å². The van der Waals surface area contributed by atoms with Gasteiger partial charge in [0.05, 0.1) is 30.9 Å². The molecule has 2 heterocycles. The summed E-state index contributed by atoms with van der Waals surface area (Å²) in [5.74, 6) is 1.17. The number of benzene rings is 1. The molecule has 0 aromatic heterocycles. The van der Waals surface area contributed by atoms with Crippen molar-refractivity contribution < 1.29 is 23.7 Å². The number of para-hydroxylation sites is 1. The summed E-state index contributed by atoms with van der Waals surface area (Å²) in [7, 11) is 0. The lowest BCUT2D eigenvalue weighted by atomic mass is 10.1. The zero-order valence-corrected chi connectivity index (χ0v) is 14.2. The Morgan fingerprint density at radius 2 is 2.16 bits per heavy atom. The summed E-state index contributed by atoms with van der Waals surface area (Å²) in [4.78, 5) is 15.1. The van der Waals surface area contributed by atoms with E-state index in [1.807, 2.05) is 17.0 Å². The van der Waals surface area contributed by atoms with Gasteiger partial charge in [-0.05, 0) is 25.0 Å². The predicted molar refractivity (Wildman–Crippen MR) is 91.2 cm³/mol. The van der Waals surface area contributed by atoms with Gasteiger partial charge in [0, 0.05) is 6.54 Å². The largest absolute Gasteiger partial charge is 0.486 e. The Morgan fingerprint density at radius 1 is 1.28 bits per heavy atom. The number of nitrogens with zero attached hydrogens (tertiary/aromatic N) is 1. The van der Waals surface area contributed by atoms with Crippen molar-refractivity contribution in [2.24, 2.45) is 0 Å². The third kappa shape index (κ3) is 3.00. The molecule has 2 fully saturated rings. The molecule has 2 aliphatic heterocycles. The van der Waals surface area contributed by atoms with Crippen molar-refractivity contribution in [2.75, 3.05) is 33.0 Å². The summed E-state index contributed by atoms with van der Waals surface area (Å²) in [5, 5.41) is 0. The number of morpholine rings is 1. The summed E-state index contributed by atoms with van der Waals surface area (Å²) in [6.07, 6.45) is 3.45. The minimum Gasteiger partial charge on any atom is -0.486 e. The molecule has 1 aromatic carbocycles. The first-order valence-electron chi connectivity index (χ1n) is 8.83. The van der Waals surface area contributed by atoms with Crippen LogP contribution in [-0.4, -0.2) is 62.0 Å². The van der Waals surface area contributed by atoms with Gasteiger partial charge in [-0.3, -0.25) is 4.79 Å². The maximum absolute atomic E-state index is 13.2. The molecule has 0 spiro atoms. The maximum atomic E-state index is 13.2. The highest BCUT2D eigenvalue weighted by molar-refractivity contribution is 5.98. The van der Waals surface area contributed by atoms with Crippen LogP contribution in [-0.2, 0) is 9.47 Å². The van der Waals surface area contributed by atoms with Gasteiger partial charge in [-0.2, -0.15) is 0 Å². The Balaban J connectivity index is 1.56. The van der Waals surface area contributed by atoms with E-state index >= 15 is 0 Å². The van der Waals surface area contributed by atoms with Crippen LogP contribution in [0.15, 0.2) is 30.9 Å². The van der Waals surface area contributed by atoms with Gasteiger partial charge in [0.2, 0.25) is 0 Å². The third-order valence-electron chi connectivity index (χ3n) is 5.02. The second-order valence-electron chi connectivity index (χ2n) is 6.47. The normalized spacial score (nSPS) is 27.7. The summed E-state index contributed by atoms with van der Waals surface area (Å²) in [5.41, 5.74) is 0.563. The first-order valence-corrected chi connectivity index (χ1v) is 8.83. The molecular weight excluding hydrogens is 322 g/mol. The number of fused-ring (bicyclic) bond motifs is 2. The molecule has 134 valence electrons. The van der Waals surface area contributed by atoms with Crippen molar-refractivity contribution >= 4 is 5.91 Å². The molecule has 3 atom stereocenters. The van der Waals surface area contributed by atoms with Crippen molar-refractivity contribution in [3.63, 3.8) is 0 Å². The van der Waals surface area contributed by atoms with E-state index in [0.717, 1.165) is 12.8 Å². The van der Waals surface area contributed by atoms with Gasteiger partial charge in [-0.15, -0.1) is 6.58 Å². The monoisotopic (exact) mass is 345 g/mol. The second-order valence-corrected chi connectivity index (χ2v) is 6.47. The molecule has 4 rings (SSSR count). The van der Waals surface area contributed by atoms with Crippen LogP contribution < -0.4 is 9.47 Å². The number of hydrogen-bond donors (Lipinski definition) is 0. The lowest BCUT2D eigenvalue weighted by Crippen LogP contribution is -2.54. The number of rotatable bonds is 4. The van der Waals surface area contributed by atoms with Gasteiger partial charge in [0.15, 0.2) is 11.5 Å². The first kappa shape index (κ1) is 16.4. The molecule has 1 saturated heterocycles. The summed E-state index contributed by atoms with van der Waals surface area (Å²) < 4.78 is 23.1. The molecule has 6 nitrogen and oxygen atoms in total. The molecule has 0 unspecified atom stereocenters. The van der Waals surface area contributed by atoms with Crippen molar-refractivity contribution in [3.05, 3.63) is 36.4 Å². The van der Waals surface area contributed by atoms with Gasteiger partial charge < -0.3 is 23.8 Å². The standard InChI is InChI=1S/C19H23NO5/c1-2-9-22-16-7-6-14-18(16)24-10-8-20(14)19(21)13-4-3-5-15-17(13)25-12-11-23-15/h2-5,14,16,18H,1,6-12H2/t14-,16-,18-/m0/s1. The molecule has 1 aliphatic carbocycles. The van der Waals surface area contributed by atoms with E-state index in [4.69, 9.17) is 18.9 Å². The molecule has 1 aromatic rings. The van der Waals surface area contributed by atoms with Gasteiger partial charge in [-0.1, -0.05) is 12.1 Å². The average Bonchev–Trinajstić information content (AvgIpc) is 3.08. The molecule has 25 heavy (non-hydrogen) atoms. The zero-order valence-electron chi connectivity index (χ0n) is 14.2. The Hall–Kier alpha value is -2.05. The fourth-order valence-electron chi connectivity index (χ4n) is 3.93. The van der Waals surface area contributed by atoms with E-state index < -0.39 is 0 Å². The molecule has 6 heteroatoms. The number of carbonyl (C=O) groups excluding carboxylic acids is 1. The fraction of sp³-hybridized carbons (Fsp3) is 0.526. The quantitative estimate of drug-likeness (QED) is 0.782. The summed E-state index contributed by atoms with van der Waals surface area (Å²) in [6, 6.07) is 5.52. The Kier molecular flexibility index (Phi) is 4.63. The van der Waals surface area contributed by atoms with Crippen LogP contribution in [0.25, 0.3) is 0 Å². The highest BCUT2D eigenvalue weighted by Crippen LogP contribution is 2.37. The molecule has 1 saturated carbocycles. The Labute approximate surface area is 147 Å². The van der Waals surface area contributed by atoms with E-state index in [0.29, 0.717) is 50.0 Å². The average molecular weight is 345 g/mol. The molecule has 0 bridgehead atoms. The molecular formula is C19H23NO5. The smallest absolute Gasteiger partial charge is 0.258 e. The first-order chi connectivity index (χ1) is 12.3. The molecule has 3 aliphatic rings. The van der Waals surface area contributed by atoms with E-state index in [9.17, 15) is 4.79 Å². The lowest BCUT2D eigenvalue weighted by molar-refractivity contribution is -0.100. The summed E-state index contributed by atoms with van der Waals surface area (Å²) >= 11 is 0. The fourth-order valence-corrected chi connectivity index (χ4v) is 3.93. The van der Waals surface area contributed by atoms with Crippen LogP contribution in [0, 0.1) is 0 Å². The van der Waals surface area contributed by atoms with Gasteiger partial charge in [0.1, 0.15) is 19.3 Å². The van der Waals surface area contributed by atoms with Crippen molar-refractivity contribution in [2.45, 2.75) is 31.1 Å². The number of carbonyl (C=O) groups is 1. The molecule has 0 radical (unpaired) electrons. The van der Waals surface area contributed by atoms with Crippen LogP contribution in [0.1, 0.15) is 23.2 Å². The Morgan fingerprint density at radius 3 is 3.04 bits per heavy atom. The number of hydrogen-bond acceptors (Lipinski definition) is 5. The van der Waals surface area contributed by atoms with Crippen LogP contribution in [0.2, 0.25) is 0 Å². The number of ether oxygens (including phenoxy) is 4. The van der Waals surface area contributed by atoms with Crippen LogP contribution in [0.5, 0.6) is 11.5 Å². The molecule has 1 amide bonds. The van der Waals surface area contributed by atoms with E-state index in [-0.39, 0.29) is 24.2 Å². The summed E-state index contributed by atoms with van der Waals surface area (Å²) in [6.45, 7) is 6.27. The topological polar surface area (TPSA) is 57.2 Å². The maximum Gasteiger partial charge on any atom is 0.258 e. The third-order valence-corrected chi connectivity index (χ3v) is 5.02. The lowest BCUT2D eigenvalue weighted by Gasteiger charge is -2.39. The van der Waals surface area contributed by atoms with E-state index in [2.05, 4.69) is 6.58 Å². The highest BCUT2D eigenvalue weighted by atomic mass is 16.6. The zero-order chi connectivity index (χ0) is 17.2. The van der Waals surface area contributed by atoms with Gasteiger partial charge in [-0.25, -0.2) is 0 Å². The number of amides is 1. The minimum absolute atomic E-state index is 0.0165. The van der Waals surface area contributed by atoms with E-state index in [1.165, 1.54) is 0 Å². The predicted octanol–water partition coefficient (Wildman–Crippen LogP) is 2.03. The second kappa shape index (κ2) is 7.06.